The Morgan fingerprint density at radius 1 is 0.857 bits per heavy atom. The smallest absolute Gasteiger partial charge is 0.385 e. The molecule has 7 rings (SSSR count). The van der Waals surface area contributed by atoms with Gasteiger partial charge in [0.15, 0.2) is 5.79 Å². The van der Waals surface area contributed by atoms with Crippen LogP contribution < -0.4 is 5.73 Å². The predicted octanol–water partition coefficient (Wildman–Crippen LogP) is 7.68. The predicted molar refractivity (Wildman–Crippen MR) is 172 cm³/mol. The van der Waals surface area contributed by atoms with Crippen molar-refractivity contribution >= 4 is 5.91 Å². The molecule has 1 aliphatic heterocycles. The minimum absolute atomic E-state index is 0.0245. The van der Waals surface area contributed by atoms with Crippen LogP contribution in [0.5, 0.6) is 0 Å². The first-order valence-electron chi connectivity index (χ1n) is 17.2. The van der Waals surface area contributed by atoms with Crippen molar-refractivity contribution in [1.82, 2.24) is 0 Å². The molecular formula is C38H44F5NO5. The molecule has 0 aromatic heterocycles. The summed E-state index contributed by atoms with van der Waals surface area (Å²) in [6, 6.07) is 14.2. The highest BCUT2D eigenvalue weighted by molar-refractivity contribution is 5.93. The zero-order valence-electron chi connectivity index (χ0n) is 28.0. The summed E-state index contributed by atoms with van der Waals surface area (Å²) in [4.78, 5) is 11.5. The fraction of sp³-hybridized carbons (Fsp3) is 0.605. The van der Waals surface area contributed by atoms with Gasteiger partial charge < -0.3 is 25.4 Å². The number of primary amides is 1. The molecule has 0 bridgehead atoms. The quantitative estimate of drug-likeness (QED) is 0.226. The summed E-state index contributed by atoms with van der Waals surface area (Å²) in [6.07, 6.45) is -4.88. The van der Waals surface area contributed by atoms with Crippen LogP contribution >= 0.6 is 0 Å². The van der Waals surface area contributed by atoms with E-state index in [-0.39, 0.29) is 30.6 Å². The molecule has 11 heteroatoms. The summed E-state index contributed by atoms with van der Waals surface area (Å²) in [5.41, 5.74) is 3.27. The maximum absolute atomic E-state index is 15.4. The van der Waals surface area contributed by atoms with E-state index in [2.05, 4.69) is 0 Å². The summed E-state index contributed by atoms with van der Waals surface area (Å²) >= 11 is 0. The first-order chi connectivity index (χ1) is 22.7. The number of carbonyl (C=O) groups excluding carboxylic acids is 1. The molecule has 1 spiro atoms. The highest BCUT2D eigenvalue weighted by Gasteiger charge is 2.79. The van der Waals surface area contributed by atoms with Crippen molar-refractivity contribution in [3.05, 3.63) is 70.8 Å². The number of halogens is 5. The monoisotopic (exact) mass is 689 g/mol. The van der Waals surface area contributed by atoms with E-state index >= 15 is 8.78 Å². The minimum Gasteiger partial charge on any atom is -0.385 e. The fourth-order valence-electron chi connectivity index (χ4n) is 10.0. The second-order valence-corrected chi connectivity index (χ2v) is 16.3. The Hall–Kier alpha value is -2.86. The maximum Gasteiger partial charge on any atom is 0.456 e. The van der Waals surface area contributed by atoms with Gasteiger partial charge in [0.2, 0.25) is 5.91 Å². The molecule has 0 radical (unpaired) electrons. The number of carbonyl (C=O) groups is 1. The van der Waals surface area contributed by atoms with Gasteiger partial charge in [0.05, 0.1) is 18.8 Å². The van der Waals surface area contributed by atoms with E-state index in [1.54, 1.807) is 24.3 Å². The Bertz CT molecular complexity index is 1660. The molecule has 6 atom stereocenters. The van der Waals surface area contributed by atoms with Gasteiger partial charge in [0, 0.05) is 35.2 Å². The van der Waals surface area contributed by atoms with Crippen molar-refractivity contribution in [3.8, 4) is 11.1 Å². The van der Waals surface area contributed by atoms with Gasteiger partial charge in [-0.3, -0.25) is 4.79 Å². The molecule has 2 aromatic carbocycles. The van der Waals surface area contributed by atoms with Gasteiger partial charge in [0.25, 0.3) is 0 Å². The van der Waals surface area contributed by atoms with Crippen LogP contribution in [0, 0.1) is 22.7 Å². The summed E-state index contributed by atoms with van der Waals surface area (Å²) in [5.74, 6) is -8.45. The molecule has 5 aliphatic rings. The van der Waals surface area contributed by atoms with Crippen molar-refractivity contribution in [2.24, 2.45) is 28.4 Å². The number of alkyl halides is 5. The van der Waals surface area contributed by atoms with Crippen LogP contribution in [-0.2, 0) is 9.47 Å². The van der Waals surface area contributed by atoms with E-state index in [9.17, 15) is 28.2 Å². The summed E-state index contributed by atoms with van der Waals surface area (Å²) in [6.45, 7) is 6.46. The van der Waals surface area contributed by atoms with E-state index < -0.39 is 58.7 Å². The van der Waals surface area contributed by atoms with Crippen molar-refractivity contribution in [1.29, 1.82) is 0 Å². The number of hydrogen-bond donors (Lipinski definition) is 3. The molecule has 1 amide bonds. The highest BCUT2D eigenvalue weighted by atomic mass is 19.4. The summed E-state index contributed by atoms with van der Waals surface area (Å²) in [7, 11) is 0. The van der Waals surface area contributed by atoms with Crippen molar-refractivity contribution in [2.45, 2.75) is 107 Å². The number of ether oxygens (including phenoxy) is 2. The number of hydrogen-bond acceptors (Lipinski definition) is 5. The number of allylic oxidation sites excluding steroid dienone is 1. The normalized spacial score (nSPS) is 35.4. The molecule has 49 heavy (non-hydrogen) atoms. The van der Waals surface area contributed by atoms with Gasteiger partial charge in [-0.1, -0.05) is 62.7 Å². The lowest BCUT2D eigenvalue weighted by atomic mass is 9.49. The molecule has 6 nitrogen and oxygen atoms in total. The summed E-state index contributed by atoms with van der Waals surface area (Å²) in [5, 5.41) is 24.0. The van der Waals surface area contributed by atoms with Crippen LogP contribution in [-0.4, -0.2) is 58.4 Å². The molecular weight excluding hydrogens is 645 g/mol. The first kappa shape index (κ1) is 34.6. The lowest BCUT2D eigenvalue weighted by molar-refractivity contribution is -0.362. The molecule has 266 valence electrons. The third-order valence-corrected chi connectivity index (χ3v) is 12.7. The maximum atomic E-state index is 15.4. The molecule has 1 heterocycles. The van der Waals surface area contributed by atoms with Crippen LogP contribution in [0.4, 0.5) is 22.0 Å². The van der Waals surface area contributed by atoms with E-state index in [1.807, 2.05) is 38.1 Å². The van der Waals surface area contributed by atoms with Gasteiger partial charge in [-0.05, 0) is 84.8 Å². The molecule has 4 aliphatic carbocycles. The van der Waals surface area contributed by atoms with Crippen molar-refractivity contribution in [2.75, 3.05) is 13.2 Å². The third kappa shape index (κ3) is 5.20. The van der Waals surface area contributed by atoms with Crippen LogP contribution in [0.1, 0.15) is 94.0 Å². The average molecular weight is 690 g/mol. The van der Waals surface area contributed by atoms with E-state index in [4.69, 9.17) is 15.2 Å². The molecule has 1 saturated heterocycles. The highest BCUT2D eigenvalue weighted by Crippen LogP contribution is 2.71. The Balaban J connectivity index is 1.31. The number of amides is 1. The second kappa shape index (κ2) is 11.1. The molecule has 2 aromatic rings. The van der Waals surface area contributed by atoms with Gasteiger partial charge >= 0.3 is 12.1 Å². The van der Waals surface area contributed by atoms with Crippen molar-refractivity contribution in [3.63, 3.8) is 0 Å². The number of nitrogens with two attached hydrogens (primary N) is 1. The van der Waals surface area contributed by atoms with Gasteiger partial charge in [-0.25, -0.2) is 0 Å². The first-order valence-corrected chi connectivity index (χ1v) is 17.2. The molecule has 1 unspecified atom stereocenters. The average Bonchev–Trinajstić information content (AvgIpc) is 3.32. The topological polar surface area (TPSA) is 102 Å². The van der Waals surface area contributed by atoms with E-state index in [1.165, 1.54) is 6.92 Å². The fourth-order valence-corrected chi connectivity index (χ4v) is 10.0. The third-order valence-electron chi connectivity index (χ3n) is 12.7. The molecule has 4 fully saturated rings. The Morgan fingerprint density at radius 2 is 1.45 bits per heavy atom. The SMILES string of the molecule is CC1(C)COC2(CCC3=C4C(c5ccc(-c6ccc(C(N)=O)cc6)cc5)C[C@@]5(C)[C@@H](CC[C@@]5(O)C(F)(F)C(F)(F)F)[C@@H]4CC[C@@]3(O)C2)OC1. The summed E-state index contributed by atoms with van der Waals surface area (Å²) < 4.78 is 85.3. The lowest BCUT2D eigenvalue weighted by Crippen LogP contribution is -2.65. The number of aliphatic hydroxyl groups is 2. The number of fused-ring (bicyclic) bond motifs is 4. The Labute approximate surface area is 282 Å². The van der Waals surface area contributed by atoms with Crippen LogP contribution in [0.2, 0.25) is 0 Å². The van der Waals surface area contributed by atoms with E-state index in [0.717, 1.165) is 22.3 Å². The lowest BCUT2D eigenvalue weighted by Gasteiger charge is -2.59. The largest absolute Gasteiger partial charge is 0.456 e. The second-order valence-electron chi connectivity index (χ2n) is 16.3. The Kier molecular flexibility index (Phi) is 7.81. The van der Waals surface area contributed by atoms with Gasteiger partial charge in [0.1, 0.15) is 5.60 Å². The zero-order chi connectivity index (χ0) is 35.4. The zero-order valence-corrected chi connectivity index (χ0v) is 28.0. The number of rotatable bonds is 4. The minimum atomic E-state index is -5.92. The van der Waals surface area contributed by atoms with Crippen LogP contribution in [0.25, 0.3) is 11.1 Å². The van der Waals surface area contributed by atoms with Crippen molar-refractivity contribution < 1.29 is 46.4 Å². The van der Waals surface area contributed by atoms with Crippen LogP contribution in [0.15, 0.2) is 59.7 Å². The van der Waals surface area contributed by atoms with Gasteiger partial charge in [-0.2, -0.15) is 22.0 Å². The Morgan fingerprint density at radius 3 is 2.02 bits per heavy atom. The van der Waals surface area contributed by atoms with Crippen LogP contribution in [0.3, 0.4) is 0 Å². The van der Waals surface area contributed by atoms with E-state index in [0.29, 0.717) is 50.0 Å². The molecule has 3 saturated carbocycles. The van der Waals surface area contributed by atoms with Gasteiger partial charge in [-0.15, -0.1) is 0 Å². The molecule has 4 N–H and O–H groups in total. The number of benzene rings is 2. The standard InChI is InChI=1S/C38H44F5NO5/c1-32(2)20-48-35(49-21-32)16-13-29-30-26(12-15-34(29,46)19-35)28-14-17-36(47,37(39,40)38(41,42)43)33(28,3)18-27(30)24-8-4-22(5-9-24)23-6-10-25(11-7-23)31(44)45/h4-11,26-28,46-47H,12-21H2,1-3H3,(H2,44,45)/t26-,27?,28-,33-,34+,36-/m0/s1.